The van der Waals surface area contributed by atoms with Gasteiger partial charge in [-0.15, -0.1) is 24.0 Å². The van der Waals surface area contributed by atoms with Gasteiger partial charge in [0.2, 0.25) is 0 Å². The van der Waals surface area contributed by atoms with Gasteiger partial charge in [0.05, 0.1) is 0 Å². The maximum absolute atomic E-state index is 5.32. The van der Waals surface area contributed by atoms with Gasteiger partial charge < -0.3 is 15.2 Å². The molecule has 0 radical (unpaired) electrons. The summed E-state index contributed by atoms with van der Waals surface area (Å²) in [7, 11) is 0. The average molecular weight is 561 g/mol. The van der Waals surface area contributed by atoms with E-state index in [-0.39, 0.29) is 24.0 Å². The minimum absolute atomic E-state index is 0. The zero-order valence-corrected chi connectivity index (χ0v) is 21.3. The second-order valence-electron chi connectivity index (χ2n) is 7.92. The van der Waals surface area contributed by atoms with Crippen LogP contribution >= 0.6 is 24.0 Å². The van der Waals surface area contributed by atoms with Crippen LogP contribution in [-0.2, 0) is 13.0 Å². The molecule has 0 bridgehead atoms. The van der Waals surface area contributed by atoms with E-state index < -0.39 is 0 Å². The van der Waals surface area contributed by atoms with E-state index in [0.29, 0.717) is 36.4 Å². The summed E-state index contributed by atoms with van der Waals surface area (Å²) in [4.78, 5) is 15.9. The molecule has 4 rings (SSSR count). The number of piperidine rings is 1. The van der Waals surface area contributed by atoms with Crippen LogP contribution in [0.4, 0.5) is 0 Å². The molecule has 0 spiro atoms. The van der Waals surface area contributed by atoms with E-state index in [0.717, 1.165) is 45.0 Å². The Bertz CT molecular complexity index is 973. The number of hydrogen-bond acceptors (Lipinski definition) is 6. The van der Waals surface area contributed by atoms with Gasteiger partial charge in [0.15, 0.2) is 11.8 Å². The number of likely N-dealkylation sites (tertiary alicyclic amines) is 1. The van der Waals surface area contributed by atoms with Gasteiger partial charge in [-0.3, -0.25) is 14.9 Å². The molecule has 0 amide bonds. The Morgan fingerprint density at radius 2 is 1.91 bits per heavy atom. The van der Waals surface area contributed by atoms with E-state index >= 15 is 0 Å². The summed E-state index contributed by atoms with van der Waals surface area (Å²) in [5.74, 6) is 1.93. The predicted octanol–water partition coefficient (Wildman–Crippen LogP) is 3.51. The Hall–Kier alpha value is -2.53. The fourth-order valence-electron chi connectivity index (χ4n) is 3.81. The third-order valence-electron chi connectivity index (χ3n) is 5.48. The number of nitrogens with one attached hydrogen (secondary N) is 2. The maximum Gasteiger partial charge on any atom is 0.276 e. The van der Waals surface area contributed by atoms with Gasteiger partial charge in [-0.05, 0) is 37.5 Å². The van der Waals surface area contributed by atoms with E-state index in [1.165, 1.54) is 5.56 Å². The summed E-state index contributed by atoms with van der Waals surface area (Å²) >= 11 is 0. The quantitative estimate of drug-likeness (QED) is 0.247. The number of halogens is 1. The van der Waals surface area contributed by atoms with Crippen LogP contribution in [0.2, 0.25) is 0 Å². The molecule has 2 N–H and O–H groups in total. The Morgan fingerprint density at radius 3 is 2.64 bits per heavy atom. The summed E-state index contributed by atoms with van der Waals surface area (Å²) in [5, 5.41) is 11.0. The van der Waals surface area contributed by atoms with Crippen molar-refractivity contribution in [3.63, 3.8) is 0 Å². The van der Waals surface area contributed by atoms with Crippen molar-refractivity contribution < 1.29 is 4.52 Å². The summed E-state index contributed by atoms with van der Waals surface area (Å²) < 4.78 is 5.32. The second kappa shape index (κ2) is 13.2. The highest BCUT2D eigenvalue weighted by Gasteiger charge is 2.20. The van der Waals surface area contributed by atoms with Gasteiger partial charge in [-0.25, -0.2) is 0 Å². The lowest BCUT2D eigenvalue weighted by molar-refractivity contribution is 0.198. The van der Waals surface area contributed by atoms with E-state index in [4.69, 9.17) is 9.52 Å². The minimum atomic E-state index is 0. The molecule has 176 valence electrons. The molecule has 8 nitrogen and oxygen atoms in total. The van der Waals surface area contributed by atoms with Gasteiger partial charge in [-0.1, -0.05) is 41.6 Å². The van der Waals surface area contributed by atoms with Gasteiger partial charge in [0, 0.05) is 51.4 Å². The van der Waals surface area contributed by atoms with Crippen LogP contribution in [0.15, 0.2) is 64.2 Å². The number of pyridine rings is 1. The van der Waals surface area contributed by atoms with Crippen LogP contribution in [0.1, 0.15) is 31.2 Å². The first-order chi connectivity index (χ1) is 15.8. The molecule has 1 aliphatic heterocycles. The molecule has 0 unspecified atom stereocenters. The van der Waals surface area contributed by atoms with Crippen LogP contribution in [0.5, 0.6) is 0 Å². The lowest BCUT2D eigenvalue weighted by atomic mass is 10.0. The maximum atomic E-state index is 5.32. The van der Waals surface area contributed by atoms with E-state index in [2.05, 4.69) is 67.9 Å². The zero-order valence-electron chi connectivity index (χ0n) is 19.0. The average Bonchev–Trinajstić information content (AvgIpc) is 3.31. The molecule has 0 atom stereocenters. The Morgan fingerprint density at radius 1 is 1.12 bits per heavy atom. The number of aliphatic imine (C=N–C) groups is 1. The molecule has 1 aliphatic rings. The van der Waals surface area contributed by atoms with E-state index in [9.17, 15) is 0 Å². The molecule has 0 saturated carbocycles. The number of hydrogen-bond donors (Lipinski definition) is 2. The van der Waals surface area contributed by atoms with Crippen molar-refractivity contribution in [1.29, 1.82) is 0 Å². The fourth-order valence-corrected chi connectivity index (χ4v) is 3.81. The monoisotopic (exact) mass is 561 g/mol. The van der Waals surface area contributed by atoms with Crippen molar-refractivity contribution in [2.75, 3.05) is 26.2 Å². The lowest BCUT2D eigenvalue weighted by Crippen LogP contribution is -2.48. The molecular weight excluding hydrogens is 529 g/mol. The molecule has 1 fully saturated rings. The first-order valence-electron chi connectivity index (χ1n) is 11.4. The van der Waals surface area contributed by atoms with Gasteiger partial charge in [0.1, 0.15) is 5.69 Å². The van der Waals surface area contributed by atoms with Crippen LogP contribution in [0.3, 0.4) is 0 Å². The fraction of sp³-hybridized carbons (Fsp3) is 0.417. The highest BCUT2D eigenvalue weighted by Crippen LogP contribution is 2.15. The highest BCUT2D eigenvalue weighted by atomic mass is 127. The Kier molecular flexibility index (Phi) is 10.1. The predicted molar refractivity (Wildman–Crippen MR) is 141 cm³/mol. The van der Waals surface area contributed by atoms with E-state index in [1.807, 2.05) is 18.2 Å². The molecule has 9 heteroatoms. The van der Waals surface area contributed by atoms with Crippen molar-refractivity contribution in [3.8, 4) is 11.6 Å². The third kappa shape index (κ3) is 7.78. The van der Waals surface area contributed by atoms with Crippen molar-refractivity contribution in [1.82, 2.24) is 30.7 Å². The summed E-state index contributed by atoms with van der Waals surface area (Å²) in [6, 6.07) is 16.7. The summed E-state index contributed by atoms with van der Waals surface area (Å²) in [5.41, 5.74) is 2.06. The molecule has 1 aromatic carbocycles. The first-order valence-corrected chi connectivity index (χ1v) is 11.4. The number of nitrogens with zero attached hydrogens (tertiary/aromatic N) is 5. The van der Waals surface area contributed by atoms with Crippen LogP contribution in [0, 0.1) is 0 Å². The van der Waals surface area contributed by atoms with Crippen LogP contribution in [-0.4, -0.2) is 58.2 Å². The number of benzene rings is 1. The summed E-state index contributed by atoms with van der Waals surface area (Å²) in [6.45, 7) is 6.69. The largest absolute Gasteiger partial charge is 0.357 e. The Balaban J connectivity index is 0.00000306. The van der Waals surface area contributed by atoms with Crippen molar-refractivity contribution >= 4 is 29.9 Å². The SMILES string of the molecule is CCNC(=NCCc1noc(-c2ccccn2)n1)NC1CCN(Cc2ccccc2)CC1.I. The molecule has 0 aliphatic carbocycles. The topological polar surface area (TPSA) is 91.5 Å². The second-order valence-corrected chi connectivity index (χ2v) is 7.92. The molecule has 33 heavy (non-hydrogen) atoms. The van der Waals surface area contributed by atoms with Crippen LogP contribution in [0.25, 0.3) is 11.6 Å². The van der Waals surface area contributed by atoms with Gasteiger partial charge in [0.25, 0.3) is 5.89 Å². The number of guanidine groups is 1. The standard InChI is InChI=1S/C24H31N7O.HI/c1-2-25-24(27-15-11-22-29-23(32-30-22)21-10-6-7-14-26-21)28-20-12-16-31(17-13-20)18-19-8-4-3-5-9-19;/h3-10,14,20H,2,11-13,15-18H2,1H3,(H2,25,27,28);1H. The Labute approximate surface area is 212 Å². The lowest BCUT2D eigenvalue weighted by Gasteiger charge is -2.33. The van der Waals surface area contributed by atoms with Crippen molar-refractivity contribution in [3.05, 3.63) is 66.1 Å². The minimum Gasteiger partial charge on any atom is -0.357 e. The zero-order chi connectivity index (χ0) is 22.0. The van der Waals surface area contributed by atoms with Crippen molar-refractivity contribution in [2.24, 2.45) is 4.99 Å². The van der Waals surface area contributed by atoms with E-state index in [1.54, 1.807) is 6.20 Å². The number of rotatable bonds is 8. The van der Waals surface area contributed by atoms with Gasteiger partial charge in [-0.2, -0.15) is 4.98 Å². The smallest absolute Gasteiger partial charge is 0.276 e. The summed E-state index contributed by atoms with van der Waals surface area (Å²) in [6.07, 6.45) is 4.54. The normalized spacial score (nSPS) is 15.1. The molecular formula is C24H32IN7O. The first kappa shape index (κ1) is 25.1. The number of aromatic nitrogens is 3. The molecule has 3 heterocycles. The van der Waals surface area contributed by atoms with Crippen LogP contribution < -0.4 is 10.6 Å². The van der Waals surface area contributed by atoms with Crippen molar-refractivity contribution in [2.45, 2.75) is 38.8 Å². The molecule has 1 saturated heterocycles. The third-order valence-corrected chi connectivity index (χ3v) is 5.48. The molecule has 2 aromatic heterocycles. The molecule has 3 aromatic rings. The van der Waals surface area contributed by atoms with Gasteiger partial charge >= 0.3 is 0 Å². The highest BCUT2D eigenvalue weighted by molar-refractivity contribution is 14.0.